The highest BCUT2D eigenvalue weighted by atomic mass is 16.6. The van der Waals surface area contributed by atoms with Crippen molar-refractivity contribution in [2.24, 2.45) is 5.41 Å². The second kappa shape index (κ2) is 4.98. The number of fused-ring (bicyclic) bond motifs is 1. The second-order valence-corrected chi connectivity index (χ2v) is 8.20. The van der Waals surface area contributed by atoms with Gasteiger partial charge in [-0.1, -0.05) is 13.0 Å². The Morgan fingerprint density at radius 1 is 1.44 bits per heavy atom. The predicted molar refractivity (Wildman–Crippen MR) is 91.0 cm³/mol. The van der Waals surface area contributed by atoms with Crippen LogP contribution in [-0.2, 0) is 20.7 Å². The van der Waals surface area contributed by atoms with Crippen LogP contribution in [0.25, 0.3) is 0 Å². The molecule has 0 unspecified atom stereocenters. The zero-order valence-electron chi connectivity index (χ0n) is 15.5. The molecule has 1 aromatic rings. The summed E-state index contributed by atoms with van der Waals surface area (Å²) >= 11 is 0. The van der Waals surface area contributed by atoms with Crippen molar-refractivity contribution in [1.82, 2.24) is 0 Å². The van der Waals surface area contributed by atoms with Gasteiger partial charge in [0.2, 0.25) is 0 Å². The molecular formula is C20H26O5. The summed E-state index contributed by atoms with van der Waals surface area (Å²) in [5.41, 5.74) is 0.127. The number of hydrogen-bond donors (Lipinski definition) is 1. The fourth-order valence-electron chi connectivity index (χ4n) is 4.96. The number of furan rings is 1. The van der Waals surface area contributed by atoms with Gasteiger partial charge in [-0.2, -0.15) is 0 Å². The number of aryl methyl sites for hydroxylation is 1. The average Bonchev–Trinajstić information content (AvgIpc) is 3.16. The van der Waals surface area contributed by atoms with E-state index >= 15 is 0 Å². The first-order valence-corrected chi connectivity index (χ1v) is 8.99. The summed E-state index contributed by atoms with van der Waals surface area (Å²) in [5, 5.41) is 11.3. The molecule has 1 spiro atoms. The summed E-state index contributed by atoms with van der Waals surface area (Å²) in [4.78, 5) is 12.6. The van der Waals surface area contributed by atoms with Crippen LogP contribution in [0.1, 0.15) is 63.5 Å². The lowest BCUT2D eigenvalue weighted by molar-refractivity contribution is -0.200. The third-order valence-corrected chi connectivity index (χ3v) is 7.00. The van der Waals surface area contributed by atoms with Crippen LogP contribution in [0, 0.1) is 12.3 Å². The molecule has 0 bridgehead atoms. The molecule has 5 atom stereocenters. The largest absolute Gasteiger partial charge is 0.469 e. The molecule has 4 rings (SSSR count). The van der Waals surface area contributed by atoms with Crippen LogP contribution in [-0.4, -0.2) is 28.4 Å². The quantitative estimate of drug-likeness (QED) is 0.505. The van der Waals surface area contributed by atoms with Crippen LogP contribution < -0.4 is 0 Å². The third-order valence-electron chi connectivity index (χ3n) is 7.00. The number of allylic oxidation sites excluding steroid dienone is 1. The smallest absolute Gasteiger partial charge is 0.334 e. The molecule has 1 saturated carbocycles. The van der Waals surface area contributed by atoms with Gasteiger partial charge in [-0.15, -0.1) is 0 Å². The van der Waals surface area contributed by atoms with Gasteiger partial charge in [0.25, 0.3) is 0 Å². The van der Waals surface area contributed by atoms with Gasteiger partial charge in [0.1, 0.15) is 17.5 Å². The summed E-state index contributed by atoms with van der Waals surface area (Å²) in [6.45, 7) is 9.35. The maximum absolute atomic E-state index is 12.6. The number of ether oxygens (including phenoxy) is 2. The Morgan fingerprint density at radius 3 is 2.84 bits per heavy atom. The predicted octanol–water partition coefficient (Wildman–Crippen LogP) is 3.38. The molecule has 2 heterocycles. The first-order chi connectivity index (χ1) is 11.7. The van der Waals surface area contributed by atoms with Crippen molar-refractivity contribution in [2.45, 2.75) is 77.3 Å². The van der Waals surface area contributed by atoms with Gasteiger partial charge in [-0.05, 0) is 46.1 Å². The Bertz CT molecular complexity index is 773. The van der Waals surface area contributed by atoms with Crippen LogP contribution in [0.5, 0.6) is 0 Å². The molecular weight excluding hydrogens is 320 g/mol. The number of rotatable bonds is 2. The highest BCUT2D eigenvalue weighted by molar-refractivity contribution is 5.88. The lowest BCUT2D eigenvalue weighted by Gasteiger charge is -2.54. The zero-order valence-corrected chi connectivity index (χ0v) is 15.5. The van der Waals surface area contributed by atoms with E-state index in [9.17, 15) is 9.90 Å². The zero-order chi connectivity index (χ0) is 18.2. The van der Waals surface area contributed by atoms with E-state index in [1.54, 1.807) is 19.3 Å². The minimum Gasteiger partial charge on any atom is -0.469 e. The first-order valence-electron chi connectivity index (χ1n) is 8.99. The molecule has 1 aliphatic heterocycles. The summed E-state index contributed by atoms with van der Waals surface area (Å²) in [6, 6.07) is 0. The molecule has 2 fully saturated rings. The van der Waals surface area contributed by atoms with E-state index in [0.717, 1.165) is 23.3 Å². The van der Waals surface area contributed by atoms with Gasteiger partial charge >= 0.3 is 5.97 Å². The number of aliphatic hydroxyl groups is 1. The lowest BCUT2D eigenvalue weighted by atomic mass is 9.51. The molecule has 1 aromatic heterocycles. The highest BCUT2D eigenvalue weighted by Crippen LogP contribution is 2.70. The SMILES string of the molecule is C/C=C(/C)C(=O)O[C@@H]1c2c(C)coc2C[C@@]23O[C@@H]2CC[C@@](C)(O)[C@@]13C. The number of epoxide rings is 1. The summed E-state index contributed by atoms with van der Waals surface area (Å²) in [5.74, 6) is 0.446. The third kappa shape index (κ3) is 1.94. The van der Waals surface area contributed by atoms with Crippen LogP contribution in [0.15, 0.2) is 22.3 Å². The van der Waals surface area contributed by atoms with E-state index in [1.165, 1.54) is 0 Å². The fraction of sp³-hybridized carbons (Fsp3) is 0.650. The fourth-order valence-corrected chi connectivity index (χ4v) is 4.96. The molecule has 5 nitrogen and oxygen atoms in total. The Morgan fingerprint density at radius 2 is 2.16 bits per heavy atom. The van der Waals surface area contributed by atoms with Gasteiger partial charge < -0.3 is 19.0 Å². The molecule has 0 radical (unpaired) electrons. The van der Waals surface area contributed by atoms with Crippen molar-refractivity contribution in [3.63, 3.8) is 0 Å². The maximum Gasteiger partial charge on any atom is 0.334 e. The first kappa shape index (κ1) is 16.9. The summed E-state index contributed by atoms with van der Waals surface area (Å²) < 4.78 is 17.9. The Kier molecular flexibility index (Phi) is 3.36. The second-order valence-electron chi connectivity index (χ2n) is 8.20. The van der Waals surface area contributed by atoms with Crippen molar-refractivity contribution in [3.8, 4) is 0 Å². The Hall–Kier alpha value is -1.59. The monoisotopic (exact) mass is 346 g/mol. The topological polar surface area (TPSA) is 72.2 Å². The molecule has 0 aromatic carbocycles. The molecule has 25 heavy (non-hydrogen) atoms. The number of carbonyl (C=O) groups is 1. The normalized spacial score (nSPS) is 42.2. The average molecular weight is 346 g/mol. The number of carbonyl (C=O) groups excluding carboxylic acids is 1. The van der Waals surface area contributed by atoms with Crippen LogP contribution >= 0.6 is 0 Å². The van der Waals surface area contributed by atoms with E-state index in [-0.39, 0.29) is 12.1 Å². The van der Waals surface area contributed by atoms with Crippen LogP contribution in [0.3, 0.4) is 0 Å². The summed E-state index contributed by atoms with van der Waals surface area (Å²) in [7, 11) is 0. The van der Waals surface area contributed by atoms with E-state index in [0.29, 0.717) is 18.4 Å². The van der Waals surface area contributed by atoms with Crippen LogP contribution in [0.2, 0.25) is 0 Å². The summed E-state index contributed by atoms with van der Waals surface area (Å²) in [6.07, 6.45) is 4.98. The van der Waals surface area contributed by atoms with Crippen molar-refractivity contribution < 1.29 is 23.8 Å². The van der Waals surface area contributed by atoms with E-state index in [2.05, 4.69) is 0 Å². The van der Waals surface area contributed by atoms with Gasteiger partial charge in [0.15, 0.2) is 0 Å². The molecule has 5 heteroatoms. The van der Waals surface area contributed by atoms with Crippen molar-refractivity contribution in [1.29, 1.82) is 0 Å². The Labute approximate surface area is 148 Å². The number of esters is 1. The standard InChI is InChI=1S/C20H26O5/c1-6-11(2)17(21)24-16-15-12(3)10-23-13(15)9-20-14(25-20)7-8-18(4,22)19(16,20)5/h6,10,14,16,22H,7-9H2,1-5H3/b11-6-/t14-,16-,18-,19-,20-/m1/s1. The molecule has 2 aliphatic carbocycles. The van der Waals surface area contributed by atoms with Gasteiger partial charge in [-0.25, -0.2) is 4.79 Å². The molecule has 1 N–H and O–H groups in total. The van der Waals surface area contributed by atoms with Crippen molar-refractivity contribution in [3.05, 3.63) is 34.8 Å². The van der Waals surface area contributed by atoms with Crippen molar-refractivity contribution >= 4 is 5.97 Å². The lowest BCUT2D eigenvalue weighted by Crippen LogP contribution is -2.63. The highest BCUT2D eigenvalue weighted by Gasteiger charge is 2.79. The Balaban J connectivity index is 1.88. The molecule has 1 saturated heterocycles. The van der Waals surface area contributed by atoms with Gasteiger partial charge in [0, 0.05) is 17.6 Å². The number of hydrogen-bond acceptors (Lipinski definition) is 5. The van der Waals surface area contributed by atoms with E-state index in [1.807, 2.05) is 27.7 Å². The maximum atomic E-state index is 12.6. The van der Waals surface area contributed by atoms with Gasteiger partial charge in [0.05, 0.1) is 23.4 Å². The van der Waals surface area contributed by atoms with Crippen molar-refractivity contribution in [2.75, 3.05) is 0 Å². The minimum atomic E-state index is -1.00. The van der Waals surface area contributed by atoms with E-state index < -0.39 is 22.7 Å². The molecule has 136 valence electrons. The van der Waals surface area contributed by atoms with Gasteiger partial charge in [-0.3, -0.25) is 0 Å². The molecule has 3 aliphatic rings. The molecule has 0 amide bonds. The minimum absolute atomic E-state index is 0.0836. The van der Waals surface area contributed by atoms with Crippen LogP contribution in [0.4, 0.5) is 0 Å². The van der Waals surface area contributed by atoms with E-state index in [4.69, 9.17) is 13.9 Å².